The van der Waals surface area contributed by atoms with E-state index in [1.807, 2.05) is 0 Å². The summed E-state index contributed by atoms with van der Waals surface area (Å²) in [6, 6.07) is 7.01. The van der Waals surface area contributed by atoms with E-state index < -0.39 is 0 Å². The number of benzene rings is 1. The Morgan fingerprint density at radius 1 is 1.27 bits per heavy atom. The van der Waals surface area contributed by atoms with E-state index in [2.05, 4.69) is 24.5 Å². The van der Waals surface area contributed by atoms with Crippen LogP contribution >= 0.6 is 12.2 Å². The van der Waals surface area contributed by atoms with Crippen LogP contribution in [0.3, 0.4) is 0 Å². The summed E-state index contributed by atoms with van der Waals surface area (Å²) in [5, 5.41) is 5.92. The van der Waals surface area contributed by atoms with Gasteiger partial charge in [-0.05, 0) is 48.8 Å². The first-order valence-electron chi connectivity index (χ1n) is 7.34. The van der Waals surface area contributed by atoms with Gasteiger partial charge in [0.2, 0.25) is 0 Å². The fraction of sp³-hybridized carbons (Fsp3) is 0.500. The maximum atomic E-state index is 12.0. The summed E-state index contributed by atoms with van der Waals surface area (Å²) >= 11 is 5.07. The SMILES string of the molecule is COCCCNC(=S)NC(=O)c1ccc(OCC(C)C)cc1. The minimum Gasteiger partial charge on any atom is -0.493 e. The molecule has 0 unspecified atom stereocenters. The molecule has 6 heteroatoms. The van der Waals surface area contributed by atoms with Gasteiger partial charge in [0.05, 0.1) is 6.61 Å². The summed E-state index contributed by atoms with van der Waals surface area (Å²) in [5.41, 5.74) is 0.540. The summed E-state index contributed by atoms with van der Waals surface area (Å²) in [4.78, 5) is 12.0. The molecule has 122 valence electrons. The molecule has 0 aliphatic carbocycles. The number of carbonyl (C=O) groups is 1. The predicted octanol–water partition coefficient (Wildman–Crippen LogP) is 2.36. The lowest BCUT2D eigenvalue weighted by molar-refractivity contribution is 0.0976. The largest absolute Gasteiger partial charge is 0.493 e. The third-order valence-electron chi connectivity index (χ3n) is 2.74. The molecule has 5 nitrogen and oxygen atoms in total. The Morgan fingerprint density at radius 3 is 2.55 bits per heavy atom. The number of ether oxygens (including phenoxy) is 2. The first-order valence-corrected chi connectivity index (χ1v) is 7.74. The quantitative estimate of drug-likeness (QED) is 0.568. The molecule has 0 fully saturated rings. The van der Waals surface area contributed by atoms with E-state index in [9.17, 15) is 4.79 Å². The Kier molecular flexibility index (Phi) is 8.47. The van der Waals surface area contributed by atoms with Crippen molar-refractivity contribution in [2.75, 3.05) is 26.9 Å². The summed E-state index contributed by atoms with van der Waals surface area (Å²) in [6.07, 6.45) is 0.828. The van der Waals surface area contributed by atoms with Crippen molar-refractivity contribution in [3.05, 3.63) is 29.8 Å². The molecule has 22 heavy (non-hydrogen) atoms. The molecule has 0 spiro atoms. The maximum Gasteiger partial charge on any atom is 0.257 e. The molecule has 0 atom stereocenters. The zero-order chi connectivity index (χ0) is 16.4. The number of hydrogen-bond acceptors (Lipinski definition) is 4. The number of methoxy groups -OCH3 is 1. The average molecular weight is 324 g/mol. The number of rotatable bonds is 8. The van der Waals surface area contributed by atoms with Gasteiger partial charge in [-0.1, -0.05) is 13.8 Å². The molecule has 1 amide bonds. The van der Waals surface area contributed by atoms with Crippen molar-refractivity contribution >= 4 is 23.2 Å². The van der Waals surface area contributed by atoms with Crippen molar-refractivity contribution in [2.24, 2.45) is 5.92 Å². The number of nitrogens with one attached hydrogen (secondary N) is 2. The monoisotopic (exact) mass is 324 g/mol. The van der Waals surface area contributed by atoms with Gasteiger partial charge in [-0.25, -0.2) is 0 Å². The minimum absolute atomic E-state index is 0.236. The molecule has 0 aliphatic rings. The number of hydrogen-bond donors (Lipinski definition) is 2. The lowest BCUT2D eigenvalue weighted by Gasteiger charge is -2.11. The molecule has 0 aliphatic heterocycles. The molecule has 2 N–H and O–H groups in total. The summed E-state index contributed by atoms with van der Waals surface area (Å²) in [6.45, 7) is 6.14. The molecule has 1 rings (SSSR count). The molecular formula is C16H24N2O3S. The first-order chi connectivity index (χ1) is 10.5. The van der Waals surface area contributed by atoms with Gasteiger partial charge in [0, 0.05) is 25.8 Å². The third-order valence-corrected chi connectivity index (χ3v) is 2.98. The summed E-state index contributed by atoms with van der Waals surface area (Å²) in [5.74, 6) is 0.981. The van der Waals surface area contributed by atoms with Crippen LogP contribution in [0.15, 0.2) is 24.3 Å². The Balaban J connectivity index is 2.40. The first kappa shape index (κ1) is 18.4. The highest BCUT2D eigenvalue weighted by Crippen LogP contribution is 2.13. The second kappa shape index (κ2) is 10.1. The van der Waals surface area contributed by atoms with Gasteiger partial charge in [0.25, 0.3) is 5.91 Å². The normalized spacial score (nSPS) is 10.4. The molecule has 0 aromatic heterocycles. The van der Waals surface area contributed by atoms with E-state index in [0.29, 0.717) is 36.4 Å². The van der Waals surface area contributed by atoms with Gasteiger partial charge >= 0.3 is 0 Å². The fourth-order valence-electron chi connectivity index (χ4n) is 1.60. The van der Waals surface area contributed by atoms with Crippen molar-refractivity contribution in [3.63, 3.8) is 0 Å². The third kappa shape index (κ3) is 7.38. The molecule has 1 aromatic carbocycles. The summed E-state index contributed by atoms with van der Waals surface area (Å²) in [7, 11) is 1.65. The topological polar surface area (TPSA) is 59.6 Å². The summed E-state index contributed by atoms with van der Waals surface area (Å²) < 4.78 is 10.5. The van der Waals surface area contributed by atoms with Crippen LogP contribution in [0, 0.1) is 5.92 Å². The maximum absolute atomic E-state index is 12.0. The second-order valence-corrected chi connectivity index (χ2v) is 5.69. The highest BCUT2D eigenvalue weighted by molar-refractivity contribution is 7.80. The molecule has 0 saturated carbocycles. The van der Waals surface area contributed by atoms with Crippen LogP contribution in [-0.4, -0.2) is 37.9 Å². The van der Waals surface area contributed by atoms with Gasteiger partial charge in [-0.15, -0.1) is 0 Å². The predicted molar refractivity (Wildman–Crippen MR) is 91.3 cm³/mol. The second-order valence-electron chi connectivity index (χ2n) is 5.29. The zero-order valence-electron chi connectivity index (χ0n) is 13.3. The Hall–Kier alpha value is -1.66. The highest BCUT2D eigenvalue weighted by atomic mass is 32.1. The van der Waals surface area contributed by atoms with Crippen molar-refractivity contribution in [3.8, 4) is 5.75 Å². The standard InChI is InChI=1S/C16H24N2O3S/c1-12(2)11-21-14-7-5-13(6-8-14)15(19)18-16(22)17-9-4-10-20-3/h5-8,12H,4,9-11H2,1-3H3,(H2,17,18,19,22). The van der Waals surface area contributed by atoms with E-state index in [-0.39, 0.29) is 5.91 Å². The molecule has 0 bridgehead atoms. The van der Waals surface area contributed by atoms with Crippen molar-refractivity contribution in [2.45, 2.75) is 20.3 Å². The molecule has 0 heterocycles. The van der Waals surface area contributed by atoms with E-state index in [1.165, 1.54) is 0 Å². The van der Waals surface area contributed by atoms with Crippen LogP contribution in [-0.2, 0) is 4.74 Å². The van der Waals surface area contributed by atoms with Gasteiger partial charge < -0.3 is 14.8 Å². The zero-order valence-corrected chi connectivity index (χ0v) is 14.2. The Bertz CT molecular complexity index is 475. The molecule has 0 radical (unpaired) electrons. The van der Waals surface area contributed by atoms with Crippen molar-refractivity contribution in [1.29, 1.82) is 0 Å². The fourth-order valence-corrected chi connectivity index (χ4v) is 1.80. The molecular weight excluding hydrogens is 300 g/mol. The average Bonchev–Trinajstić information content (AvgIpc) is 2.50. The lowest BCUT2D eigenvalue weighted by atomic mass is 10.2. The van der Waals surface area contributed by atoms with Crippen molar-refractivity contribution < 1.29 is 14.3 Å². The Labute approximate surface area is 137 Å². The van der Waals surface area contributed by atoms with E-state index in [1.54, 1.807) is 31.4 Å². The lowest BCUT2D eigenvalue weighted by Crippen LogP contribution is -2.39. The van der Waals surface area contributed by atoms with E-state index in [0.717, 1.165) is 12.2 Å². The van der Waals surface area contributed by atoms with Crippen LogP contribution in [0.5, 0.6) is 5.75 Å². The van der Waals surface area contributed by atoms with Crippen LogP contribution in [0.1, 0.15) is 30.6 Å². The van der Waals surface area contributed by atoms with Gasteiger partial charge in [0.1, 0.15) is 5.75 Å². The van der Waals surface area contributed by atoms with Gasteiger partial charge in [-0.2, -0.15) is 0 Å². The number of amides is 1. The van der Waals surface area contributed by atoms with Crippen LogP contribution in [0.25, 0.3) is 0 Å². The molecule has 1 aromatic rings. The Morgan fingerprint density at radius 2 is 1.95 bits per heavy atom. The van der Waals surface area contributed by atoms with E-state index >= 15 is 0 Å². The van der Waals surface area contributed by atoms with Crippen LogP contribution in [0.4, 0.5) is 0 Å². The van der Waals surface area contributed by atoms with Crippen molar-refractivity contribution in [1.82, 2.24) is 10.6 Å². The number of thiocarbonyl (C=S) groups is 1. The van der Waals surface area contributed by atoms with Gasteiger partial charge in [-0.3, -0.25) is 10.1 Å². The molecule has 0 saturated heterocycles. The van der Waals surface area contributed by atoms with E-state index in [4.69, 9.17) is 21.7 Å². The van der Waals surface area contributed by atoms with Crippen LogP contribution in [0.2, 0.25) is 0 Å². The highest BCUT2D eigenvalue weighted by Gasteiger charge is 2.08. The smallest absolute Gasteiger partial charge is 0.257 e. The van der Waals surface area contributed by atoms with Gasteiger partial charge in [0.15, 0.2) is 5.11 Å². The number of carbonyl (C=O) groups excluding carboxylic acids is 1. The van der Waals surface area contributed by atoms with Crippen LogP contribution < -0.4 is 15.4 Å². The minimum atomic E-state index is -0.236.